The van der Waals surface area contributed by atoms with Crippen molar-refractivity contribution in [2.24, 2.45) is 10.7 Å². The summed E-state index contributed by atoms with van der Waals surface area (Å²) in [6.45, 7) is -3.77. The quantitative estimate of drug-likeness (QED) is 0.410. The maximum atomic E-state index is 14.9. The van der Waals surface area contributed by atoms with E-state index in [4.69, 9.17) is 10.5 Å². The molecule has 1 aromatic heterocycles. The summed E-state index contributed by atoms with van der Waals surface area (Å²) in [7, 11) is 0. The molecule has 0 radical (unpaired) electrons. The molecule has 1 saturated carbocycles. The van der Waals surface area contributed by atoms with Crippen molar-refractivity contribution in [3.8, 4) is 5.75 Å². The minimum Gasteiger partial charge on any atom is -0.485 e. The van der Waals surface area contributed by atoms with E-state index in [9.17, 15) is 44.3 Å². The lowest BCUT2D eigenvalue weighted by Gasteiger charge is -2.34. The number of ether oxygens (including phenoxy) is 2. The van der Waals surface area contributed by atoms with Crippen molar-refractivity contribution >= 4 is 17.6 Å². The smallest absolute Gasteiger partial charge is 0.456 e. The standard InChI is InChI=1S/C24H22F9N5O3/c25-9-21(10-36-17-6-22(27,28)7-18(17)41-20(34)38-21)14-5-12(1-3-15(14)26)37-19(39)16-4-2-13(8-35-16)40-11-23(29,30)24(31,32)33/h1-5,8,17-18,36H,6-7,9-11H2,(H2,34,38)(H,37,39). The Balaban J connectivity index is 1.50. The summed E-state index contributed by atoms with van der Waals surface area (Å²) in [4.78, 5) is 20.2. The first kappa shape index (κ1) is 30.2. The Hall–Kier alpha value is -3.76. The number of hydrogen-bond donors (Lipinski definition) is 3. The molecule has 41 heavy (non-hydrogen) atoms. The number of anilines is 1. The van der Waals surface area contributed by atoms with E-state index in [1.807, 2.05) is 0 Å². The van der Waals surface area contributed by atoms with Gasteiger partial charge in [-0.2, -0.15) is 22.0 Å². The summed E-state index contributed by atoms with van der Waals surface area (Å²) >= 11 is 0. The van der Waals surface area contributed by atoms with Gasteiger partial charge in [-0.1, -0.05) is 0 Å². The Bertz CT molecular complexity index is 1310. The Kier molecular flexibility index (Phi) is 8.03. The van der Waals surface area contributed by atoms with Crippen LogP contribution >= 0.6 is 0 Å². The molecule has 2 aliphatic rings. The fourth-order valence-corrected chi connectivity index (χ4v) is 4.35. The van der Waals surface area contributed by atoms with Gasteiger partial charge in [-0.3, -0.25) is 4.79 Å². The molecule has 0 bridgehead atoms. The molecule has 1 fully saturated rings. The molecule has 17 heteroatoms. The van der Waals surface area contributed by atoms with Crippen molar-refractivity contribution in [2.75, 3.05) is 25.1 Å². The molecule has 2 heterocycles. The molecule has 8 nitrogen and oxygen atoms in total. The second-order valence-corrected chi connectivity index (χ2v) is 9.54. The molecule has 1 aliphatic carbocycles. The largest absolute Gasteiger partial charge is 0.485 e. The van der Waals surface area contributed by atoms with Crippen LogP contribution in [0.2, 0.25) is 0 Å². The summed E-state index contributed by atoms with van der Waals surface area (Å²) in [5.74, 6) is -10.5. The zero-order chi connectivity index (χ0) is 30.2. The van der Waals surface area contributed by atoms with Crippen molar-refractivity contribution < 1.29 is 53.8 Å². The lowest BCUT2D eigenvalue weighted by Crippen LogP contribution is -2.50. The van der Waals surface area contributed by atoms with Gasteiger partial charge in [0.25, 0.3) is 17.9 Å². The number of pyridine rings is 1. The van der Waals surface area contributed by atoms with E-state index in [1.165, 1.54) is 0 Å². The van der Waals surface area contributed by atoms with Gasteiger partial charge in [-0.05, 0) is 30.3 Å². The van der Waals surface area contributed by atoms with E-state index in [0.717, 1.165) is 36.5 Å². The van der Waals surface area contributed by atoms with Crippen molar-refractivity contribution in [3.63, 3.8) is 0 Å². The highest BCUT2D eigenvalue weighted by molar-refractivity contribution is 6.02. The maximum absolute atomic E-state index is 14.9. The minimum atomic E-state index is -5.82. The number of aliphatic imine (C=N–C) groups is 1. The molecule has 4 N–H and O–H groups in total. The minimum absolute atomic E-state index is 0.0757. The third-order valence-electron chi connectivity index (χ3n) is 6.47. The van der Waals surface area contributed by atoms with E-state index < -0.39 is 91.9 Å². The van der Waals surface area contributed by atoms with Gasteiger partial charge in [-0.15, -0.1) is 0 Å². The van der Waals surface area contributed by atoms with Crippen LogP contribution in [0.4, 0.5) is 45.2 Å². The van der Waals surface area contributed by atoms with Gasteiger partial charge in [0.1, 0.15) is 35.6 Å². The second kappa shape index (κ2) is 10.9. The number of benzene rings is 1. The Morgan fingerprint density at radius 2 is 1.90 bits per heavy atom. The van der Waals surface area contributed by atoms with Crippen molar-refractivity contribution in [3.05, 3.63) is 53.6 Å². The topological polar surface area (TPSA) is 111 Å². The number of fused-ring (bicyclic) bond motifs is 1. The number of hydrogen-bond acceptors (Lipinski definition) is 7. The Labute approximate surface area is 226 Å². The number of rotatable bonds is 7. The zero-order valence-corrected chi connectivity index (χ0v) is 20.8. The molecule has 4 rings (SSSR count). The van der Waals surface area contributed by atoms with Gasteiger partial charge in [0.05, 0.1) is 12.2 Å². The first-order valence-electron chi connectivity index (χ1n) is 11.9. The molecular weight excluding hydrogens is 577 g/mol. The van der Waals surface area contributed by atoms with Crippen LogP contribution in [-0.4, -0.2) is 66.9 Å². The third kappa shape index (κ3) is 6.60. The number of nitrogens with two attached hydrogens (primary N) is 1. The number of carbonyl (C=O) groups excluding carboxylic acids is 1. The van der Waals surface area contributed by atoms with Crippen LogP contribution < -0.4 is 21.1 Å². The summed E-state index contributed by atoms with van der Waals surface area (Å²) in [6.07, 6.45) is -7.37. The van der Waals surface area contributed by atoms with Crippen LogP contribution in [0.1, 0.15) is 28.9 Å². The molecule has 3 unspecified atom stereocenters. The van der Waals surface area contributed by atoms with E-state index in [1.54, 1.807) is 0 Å². The van der Waals surface area contributed by atoms with Crippen molar-refractivity contribution in [1.29, 1.82) is 0 Å². The highest BCUT2D eigenvalue weighted by Crippen LogP contribution is 2.40. The lowest BCUT2D eigenvalue weighted by atomic mass is 9.90. The predicted octanol–water partition coefficient (Wildman–Crippen LogP) is 4.32. The van der Waals surface area contributed by atoms with Gasteiger partial charge >= 0.3 is 12.1 Å². The molecule has 2 aromatic rings. The highest BCUT2D eigenvalue weighted by atomic mass is 19.4. The van der Waals surface area contributed by atoms with E-state index >= 15 is 0 Å². The number of amides is 1. The molecule has 0 saturated heterocycles. The number of halogens is 9. The molecular formula is C24H22F9N5O3. The third-order valence-corrected chi connectivity index (χ3v) is 6.47. The normalized spacial score (nSPS) is 24.4. The number of nitrogens with one attached hydrogen (secondary N) is 2. The average molecular weight is 599 g/mol. The number of nitrogens with zero attached hydrogens (tertiary/aromatic N) is 2. The van der Waals surface area contributed by atoms with Gasteiger partial charge in [0.15, 0.2) is 6.61 Å². The molecule has 224 valence electrons. The zero-order valence-electron chi connectivity index (χ0n) is 20.8. The van der Waals surface area contributed by atoms with Gasteiger partial charge < -0.3 is 25.8 Å². The molecule has 0 spiro atoms. The van der Waals surface area contributed by atoms with Crippen LogP contribution in [0, 0.1) is 5.82 Å². The SMILES string of the molecule is NC1=NC(CF)(c2cc(NC(=O)c3ccc(OCC(F)(F)C(F)(F)F)cn3)ccc2F)CNC2CC(F)(F)CC2O1. The van der Waals surface area contributed by atoms with Gasteiger partial charge in [-0.25, -0.2) is 27.5 Å². The molecule has 1 aromatic carbocycles. The molecule has 1 amide bonds. The van der Waals surface area contributed by atoms with E-state index in [0.29, 0.717) is 0 Å². The van der Waals surface area contributed by atoms with Gasteiger partial charge in [0.2, 0.25) is 0 Å². The first-order chi connectivity index (χ1) is 19.0. The first-order valence-corrected chi connectivity index (χ1v) is 11.9. The number of amidine groups is 1. The fraction of sp³-hybridized carbons (Fsp3) is 0.458. The van der Waals surface area contributed by atoms with Crippen LogP contribution in [0.5, 0.6) is 5.75 Å². The van der Waals surface area contributed by atoms with Crippen molar-refractivity contribution in [1.82, 2.24) is 10.3 Å². The van der Waals surface area contributed by atoms with Crippen LogP contribution in [0.15, 0.2) is 41.5 Å². The Morgan fingerprint density at radius 3 is 2.54 bits per heavy atom. The highest BCUT2D eigenvalue weighted by Gasteiger charge is 2.58. The Morgan fingerprint density at radius 1 is 1.17 bits per heavy atom. The summed E-state index contributed by atoms with van der Waals surface area (Å²) in [5.41, 5.74) is 2.90. The van der Waals surface area contributed by atoms with E-state index in [-0.39, 0.29) is 16.9 Å². The number of alkyl halides is 8. The summed E-state index contributed by atoms with van der Waals surface area (Å²) in [6, 6.07) is 3.42. The van der Waals surface area contributed by atoms with Crippen LogP contribution in [0.3, 0.4) is 0 Å². The second-order valence-electron chi connectivity index (χ2n) is 9.54. The predicted molar refractivity (Wildman–Crippen MR) is 125 cm³/mol. The number of carbonyl (C=O) groups is 1. The van der Waals surface area contributed by atoms with Crippen molar-refractivity contribution in [2.45, 2.75) is 48.5 Å². The average Bonchev–Trinajstić information content (AvgIpc) is 3.17. The fourth-order valence-electron chi connectivity index (χ4n) is 4.35. The van der Waals surface area contributed by atoms with Gasteiger partial charge in [0, 0.05) is 30.6 Å². The van der Waals surface area contributed by atoms with E-state index in [2.05, 4.69) is 25.3 Å². The summed E-state index contributed by atoms with van der Waals surface area (Å²) < 4.78 is 130. The maximum Gasteiger partial charge on any atom is 0.456 e. The van der Waals surface area contributed by atoms with Crippen LogP contribution in [0.25, 0.3) is 0 Å². The number of aromatic nitrogens is 1. The molecule has 3 atom stereocenters. The lowest BCUT2D eigenvalue weighted by molar-refractivity contribution is -0.290. The van der Waals surface area contributed by atoms with Crippen LogP contribution in [-0.2, 0) is 10.3 Å². The monoisotopic (exact) mass is 599 g/mol. The molecule has 1 aliphatic heterocycles. The summed E-state index contributed by atoms with van der Waals surface area (Å²) in [5, 5.41) is 5.11.